The van der Waals surface area contributed by atoms with Crippen LogP contribution < -0.4 is 9.47 Å². The zero-order valence-corrected chi connectivity index (χ0v) is 16.5. The number of rotatable bonds is 5. The maximum atomic E-state index is 5.49. The Balaban J connectivity index is 1.64. The Bertz CT molecular complexity index is 962. The van der Waals surface area contributed by atoms with Gasteiger partial charge in [0.05, 0.1) is 14.2 Å². The lowest BCUT2D eigenvalue weighted by Crippen LogP contribution is -2.30. The molecule has 0 aliphatic carbocycles. The van der Waals surface area contributed by atoms with Crippen LogP contribution in [0.25, 0.3) is 11.0 Å². The number of H-pyrrole nitrogens is 1. The first-order valence-corrected chi connectivity index (χ1v) is 9.52. The highest BCUT2D eigenvalue weighted by molar-refractivity contribution is 5.81. The summed E-state index contributed by atoms with van der Waals surface area (Å²) in [6.07, 6.45) is 2.87. The number of fused-ring (bicyclic) bond motifs is 2. The van der Waals surface area contributed by atoms with Gasteiger partial charge in [0.2, 0.25) is 0 Å². The first-order chi connectivity index (χ1) is 13.1. The van der Waals surface area contributed by atoms with E-state index in [9.17, 15) is 0 Å². The summed E-state index contributed by atoms with van der Waals surface area (Å²) >= 11 is 0. The number of benzene rings is 1. The first kappa shape index (κ1) is 17.9. The van der Waals surface area contributed by atoms with Crippen LogP contribution in [0.1, 0.15) is 42.1 Å². The molecule has 2 aromatic heterocycles. The molecule has 0 unspecified atom stereocenters. The van der Waals surface area contributed by atoms with E-state index >= 15 is 0 Å². The van der Waals surface area contributed by atoms with E-state index in [0.717, 1.165) is 43.2 Å². The number of hydrogen-bond donors (Lipinski definition) is 1. The monoisotopic (exact) mass is 365 g/mol. The predicted molar refractivity (Wildman–Crippen MR) is 108 cm³/mol. The zero-order chi connectivity index (χ0) is 19.0. The Labute approximate surface area is 160 Å². The van der Waals surface area contributed by atoms with Gasteiger partial charge in [-0.25, -0.2) is 4.98 Å². The van der Waals surface area contributed by atoms with Crippen molar-refractivity contribution in [2.24, 2.45) is 0 Å². The van der Waals surface area contributed by atoms with Crippen LogP contribution in [0, 0.1) is 0 Å². The number of nitrogens with one attached hydrogen (secondary N) is 1. The van der Waals surface area contributed by atoms with E-state index in [1.807, 2.05) is 12.3 Å². The maximum Gasteiger partial charge on any atom is 0.161 e. The molecule has 1 N–H and O–H groups in total. The van der Waals surface area contributed by atoms with Gasteiger partial charge in [0.1, 0.15) is 5.65 Å². The molecular formula is C22H27N3O2. The van der Waals surface area contributed by atoms with Gasteiger partial charge < -0.3 is 14.5 Å². The Morgan fingerprint density at radius 3 is 2.59 bits per heavy atom. The third-order valence-corrected chi connectivity index (χ3v) is 5.47. The molecule has 0 saturated heterocycles. The number of aromatic amines is 1. The lowest BCUT2D eigenvalue weighted by Gasteiger charge is -2.30. The van der Waals surface area contributed by atoms with Gasteiger partial charge in [0.25, 0.3) is 0 Å². The summed E-state index contributed by atoms with van der Waals surface area (Å²) in [5.41, 5.74) is 6.33. The van der Waals surface area contributed by atoms with Crippen LogP contribution in [-0.2, 0) is 19.5 Å². The summed E-state index contributed by atoms with van der Waals surface area (Å²) in [7, 11) is 3.39. The lowest BCUT2D eigenvalue weighted by atomic mass is 9.97. The van der Waals surface area contributed by atoms with Crippen LogP contribution in [-0.4, -0.2) is 35.6 Å². The van der Waals surface area contributed by atoms with Crippen molar-refractivity contribution in [2.75, 3.05) is 20.8 Å². The van der Waals surface area contributed by atoms with Crippen LogP contribution >= 0.6 is 0 Å². The second-order valence-corrected chi connectivity index (χ2v) is 7.51. The number of methoxy groups -OCH3 is 2. The van der Waals surface area contributed by atoms with Crippen LogP contribution in [0.15, 0.2) is 30.5 Å². The van der Waals surface area contributed by atoms with Crippen LogP contribution in [0.4, 0.5) is 0 Å². The average molecular weight is 365 g/mol. The zero-order valence-electron chi connectivity index (χ0n) is 16.5. The highest BCUT2D eigenvalue weighted by atomic mass is 16.5. The van der Waals surface area contributed by atoms with Gasteiger partial charge in [-0.2, -0.15) is 0 Å². The molecule has 4 rings (SSSR count). The molecule has 0 atom stereocenters. The highest BCUT2D eigenvalue weighted by Gasteiger charge is 2.22. The summed E-state index contributed by atoms with van der Waals surface area (Å²) in [6, 6.07) is 8.44. The molecule has 0 radical (unpaired) electrons. The summed E-state index contributed by atoms with van der Waals surface area (Å²) < 4.78 is 10.9. The number of nitrogens with zero attached hydrogens (tertiary/aromatic N) is 2. The Kier molecular flexibility index (Phi) is 4.79. The Morgan fingerprint density at radius 1 is 1.15 bits per heavy atom. The number of hydrogen-bond acceptors (Lipinski definition) is 4. The van der Waals surface area contributed by atoms with Gasteiger partial charge in [-0.05, 0) is 53.3 Å². The van der Waals surface area contributed by atoms with E-state index < -0.39 is 0 Å². The Morgan fingerprint density at radius 2 is 1.89 bits per heavy atom. The van der Waals surface area contributed by atoms with Crippen molar-refractivity contribution in [1.82, 2.24) is 14.9 Å². The third-order valence-electron chi connectivity index (χ3n) is 5.47. The molecule has 0 fully saturated rings. The molecule has 1 aliphatic rings. The lowest BCUT2D eigenvalue weighted by molar-refractivity contribution is 0.244. The van der Waals surface area contributed by atoms with Crippen LogP contribution in [0.2, 0.25) is 0 Å². The number of aromatic nitrogens is 2. The molecule has 0 saturated carbocycles. The molecule has 142 valence electrons. The second kappa shape index (κ2) is 7.24. The average Bonchev–Trinajstić information content (AvgIpc) is 3.05. The molecule has 0 bridgehead atoms. The van der Waals surface area contributed by atoms with E-state index in [4.69, 9.17) is 9.47 Å². The van der Waals surface area contributed by atoms with Gasteiger partial charge in [-0.3, -0.25) is 4.90 Å². The minimum atomic E-state index is 0.440. The summed E-state index contributed by atoms with van der Waals surface area (Å²) in [5.74, 6) is 2.06. The largest absolute Gasteiger partial charge is 0.493 e. The molecule has 1 aliphatic heterocycles. The fraction of sp³-hybridized carbons (Fsp3) is 0.409. The van der Waals surface area contributed by atoms with Crippen molar-refractivity contribution in [2.45, 2.75) is 39.3 Å². The first-order valence-electron chi connectivity index (χ1n) is 9.52. The third kappa shape index (κ3) is 3.28. The second-order valence-electron chi connectivity index (χ2n) is 7.51. The van der Waals surface area contributed by atoms with E-state index in [0.29, 0.717) is 5.92 Å². The highest BCUT2D eigenvalue weighted by Crippen LogP contribution is 2.34. The molecule has 3 heterocycles. The minimum absolute atomic E-state index is 0.440. The Hall–Kier alpha value is -2.53. The topological polar surface area (TPSA) is 50.4 Å². The van der Waals surface area contributed by atoms with Gasteiger partial charge >= 0.3 is 0 Å². The molecule has 1 aromatic carbocycles. The van der Waals surface area contributed by atoms with E-state index in [1.165, 1.54) is 27.8 Å². The molecule has 0 spiro atoms. The minimum Gasteiger partial charge on any atom is -0.493 e. The van der Waals surface area contributed by atoms with Crippen molar-refractivity contribution in [1.29, 1.82) is 0 Å². The van der Waals surface area contributed by atoms with Crippen molar-refractivity contribution in [3.05, 3.63) is 52.8 Å². The normalized spacial score (nSPS) is 14.6. The van der Waals surface area contributed by atoms with E-state index in [-0.39, 0.29) is 0 Å². The van der Waals surface area contributed by atoms with E-state index in [2.05, 4.69) is 46.9 Å². The predicted octanol–water partition coefficient (Wildman–Crippen LogP) is 4.26. The molecule has 5 heteroatoms. The van der Waals surface area contributed by atoms with Gasteiger partial charge in [-0.15, -0.1) is 0 Å². The molecule has 27 heavy (non-hydrogen) atoms. The number of pyridine rings is 1. The SMILES string of the molecule is COc1cc2c(cc1OC)CN(Cc1c(C(C)C)[nH]c3ncccc13)CC2. The smallest absolute Gasteiger partial charge is 0.161 e. The number of ether oxygens (including phenoxy) is 2. The standard InChI is InChI=1S/C22H27N3O2/c1-14(2)21-18(17-6-5-8-23-22(17)24-21)13-25-9-7-15-10-19(26-3)20(27-4)11-16(15)12-25/h5-6,8,10-11,14H,7,9,12-13H2,1-4H3,(H,23,24). The van der Waals surface area contributed by atoms with Crippen molar-refractivity contribution >= 4 is 11.0 Å². The van der Waals surface area contributed by atoms with Gasteiger partial charge in [0, 0.05) is 36.9 Å². The molecular weight excluding hydrogens is 338 g/mol. The van der Waals surface area contributed by atoms with E-state index in [1.54, 1.807) is 14.2 Å². The summed E-state index contributed by atoms with van der Waals surface area (Å²) in [6.45, 7) is 7.34. The van der Waals surface area contributed by atoms with Gasteiger partial charge in [0.15, 0.2) is 11.5 Å². The molecule has 5 nitrogen and oxygen atoms in total. The quantitative estimate of drug-likeness (QED) is 0.734. The summed E-state index contributed by atoms with van der Waals surface area (Å²) in [4.78, 5) is 10.6. The fourth-order valence-electron chi connectivity index (χ4n) is 4.06. The van der Waals surface area contributed by atoms with Gasteiger partial charge in [-0.1, -0.05) is 13.8 Å². The van der Waals surface area contributed by atoms with Crippen molar-refractivity contribution in [3.8, 4) is 11.5 Å². The molecule has 3 aromatic rings. The summed E-state index contributed by atoms with van der Waals surface area (Å²) in [5, 5.41) is 1.24. The van der Waals surface area contributed by atoms with Crippen LogP contribution in [0.5, 0.6) is 11.5 Å². The maximum absolute atomic E-state index is 5.49. The van der Waals surface area contributed by atoms with Crippen molar-refractivity contribution < 1.29 is 9.47 Å². The molecule has 0 amide bonds. The van der Waals surface area contributed by atoms with Crippen LogP contribution in [0.3, 0.4) is 0 Å². The van der Waals surface area contributed by atoms with Crippen molar-refractivity contribution in [3.63, 3.8) is 0 Å². The fourth-order valence-corrected chi connectivity index (χ4v) is 4.06.